The topological polar surface area (TPSA) is 91.9 Å². The lowest BCUT2D eigenvalue weighted by Gasteiger charge is -2.36. The average Bonchev–Trinajstić information content (AvgIpc) is 3.33. The predicted octanol–water partition coefficient (Wildman–Crippen LogP) is 5.48. The maximum absolute atomic E-state index is 13.0. The summed E-state index contributed by atoms with van der Waals surface area (Å²) in [5.41, 5.74) is 3.14. The second kappa shape index (κ2) is 9.50. The van der Waals surface area contributed by atoms with Crippen molar-refractivity contribution >= 4 is 33.9 Å². The molecule has 35 heavy (non-hydrogen) atoms. The van der Waals surface area contributed by atoms with E-state index in [1.54, 1.807) is 23.1 Å². The summed E-state index contributed by atoms with van der Waals surface area (Å²) in [5, 5.41) is 15.9. The Bertz CT molecular complexity index is 1330. The molecule has 0 spiro atoms. The van der Waals surface area contributed by atoms with Crippen LogP contribution in [0.1, 0.15) is 29.1 Å². The minimum atomic E-state index is -0.367. The van der Waals surface area contributed by atoms with E-state index in [1.807, 2.05) is 67.6 Å². The fraction of sp³-hybridized carbons (Fsp3) is 0.222. The number of fused-ring (bicyclic) bond motifs is 1. The van der Waals surface area contributed by atoms with Gasteiger partial charge in [0.15, 0.2) is 5.76 Å². The van der Waals surface area contributed by atoms with Gasteiger partial charge in [-0.2, -0.15) is 0 Å². The van der Waals surface area contributed by atoms with E-state index in [1.165, 1.54) is 0 Å². The number of carbonyl (C=O) groups excluding carboxylic acids is 1. The Morgan fingerprint density at radius 2 is 1.69 bits per heavy atom. The van der Waals surface area contributed by atoms with Gasteiger partial charge in [0.25, 0.3) is 11.6 Å². The molecule has 8 heteroatoms. The van der Waals surface area contributed by atoms with E-state index in [2.05, 4.69) is 10.2 Å². The van der Waals surface area contributed by atoms with Crippen molar-refractivity contribution in [3.63, 3.8) is 0 Å². The molecule has 1 aliphatic heterocycles. The summed E-state index contributed by atoms with van der Waals surface area (Å²) in [6.07, 6.45) is 0. The lowest BCUT2D eigenvalue weighted by Crippen LogP contribution is -2.48. The molecule has 0 saturated carbocycles. The molecule has 1 unspecified atom stereocenters. The minimum Gasteiger partial charge on any atom is -0.451 e. The fourth-order valence-electron chi connectivity index (χ4n) is 4.46. The molecule has 0 aliphatic carbocycles. The van der Waals surface area contributed by atoms with Crippen molar-refractivity contribution in [3.8, 4) is 0 Å². The summed E-state index contributed by atoms with van der Waals surface area (Å²) < 4.78 is 5.74. The maximum Gasteiger partial charge on any atom is 0.292 e. The summed E-state index contributed by atoms with van der Waals surface area (Å²) in [5.74, 6) is 0.222. The summed E-state index contributed by atoms with van der Waals surface area (Å²) in [6, 6.07) is 24.2. The summed E-state index contributed by atoms with van der Waals surface area (Å²) >= 11 is 0. The number of piperazine rings is 1. The van der Waals surface area contributed by atoms with Crippen LogP contribution in [0.3, 0.4) is 0 Å². The molecule has 178 valence electrons. The summed E-state index contributed by atoms with van der Waals surface area (Å²) in [6.45, 7) is 4.30. The van der Waals surface area contributed by atoms with Gasteiger partial charge < -0.3 is 19.5 Å². The Morgan fingerprint density at radius 1 is 0.971 bits per heavy atom. The maximum atomic E-state index is 13.0. The van der Waals surface area contributed by atoms with Crippen molar-refractivity contribution in [2.75, 3.05) is 36.4 Å². The molecule has 4 aromatic rings. The van der Waals surface area contributed by atoms with Gasteiger partial charge in [-0.15, -0.1) is 0 Å². The van der Waals surface area contributed by atoms with Gasteiger partial charge >= 0.3 is 0 Å². The van der Waals surface area contributed by atoms with Gasteiger partial charge in [0.2, 0.25) is 0 Å². The van der Waals surface area contributed by atoms with E-state index in [0.717, 1.165) is 16.6 Å². The number of nitro benzene ring substituents is 1. The number of nitrogens with zero attached hydrogens (tertiary/aromatic N) is 3. The Labute approximate surface area is 202 Å². The van der Waals surface area contributed by atoms with Crippen molar-refractivity contribution in [1.29, 1.82) is 0 Å². The molecule has 1 saturated heterocycles. The molecular formula is C27H26N4O4. The average molecular weight is 471 g/mol. The molecule has 5 rings (SSSR count). The first-order valence-corrected chi connectivity index (χ1v) is 11.6. The number of nitro groups is 1. The second-order valence-corrected chi connectivity index (χ2v) is 8.66. The minimum absolute atomic E-state index is 0.0373. The number of anilines is 2. The molecule has 1 aromatic heterocycles. The Hall–Kier alpha value is -4.33. The molecule has 8 nitrogen and oxygen atoms in total. The van der Waals surface area contributed by atoms with Crippen LogP contribution in [-0.2, 0) is 0 Å². The number of furan rings is 1. The van der Waals surface area contributed by atoms with E-state index in [4.69, 9.17) is 4.42 Å². The Balaban J connectivity index is 1.29. The van der Waals surface area contributed by atoms with Crippen molar-refractivity contribution in [1.82, 2.24) is 4.90 Å². The molecule has 1 fully saturated rings. The normalized spacial score (nSPS) is 14.7. The summed E-state index contributed by atoms with van der Waals surface area (Å²) in [7, 11) is 0. The molecule has 0 radical (unpaired) electrons. The molecule has 1 aliphatic rings. The lowest BCUT2D eigenvalue weighted by molar-refractivity contribution is -0.384. The highest BCUT2D eigenvalue weighted by molar-refractivity contribution is 5.96. The van der Waals surface area contributed by atoms with Gasteiger partial charge in [-0.1, -0.05) is 48.5 Å². The number of hydrogen-bond donors (Lipinski definition) is 1. The highest BCUT2D eigenvalue weighted by Crippen LogP contribution is 2.33. The van der Waals surface area contributed by atoms with E-state index < -0.39 is 0 Å². The largest absolute Gasteiger partial charge is 0.451 e. The van der Waals surface area contributed by atoms with Crippen LogP contribution in [0.15, 0.2) is 83.3 Å². The molecule has 3 aromatic carbocycles. The van der Waals surface area contributed by atoms with Crippen LogP contribution in [0.4, 0.5) is 17.1 Å². The molecule has 1 N–H and O–H groups in total. The van der Waals surface area contributed by atoms with Crippen molar-refractivity contribution < 1.29 is 14.1 Å². The van der Waals surface area contributed by atoms with Gasteiger partial charge in [0.05, 0.1) is 4.92 Å². The zero-order valence-electron chi connectivity index (χ0n) is 19.4. The Morgan fingerprint density at radius 3 is 2.40 bits per heavy atom. The van der Waals surface area contributed by atoms with E-state index >= 15 is 0 Å². The number of para-hydroxylation sites is 1. The van der Waals surface area contributed by atoms with Gasteiger partial charge in [-0.3, -0.25) is 14.9 Å². The van der Waals surface area contributed by atoms with Gasteiger partial charge in [0.1, 0.15) is 11.3 Å². The van der Waals surface area contributed by atoms with E-state index in [0.29, 0.717) is 43.2 Å². The van der Waals surface area contributed by atoms with Gasteiger partial charge in [-0.25, -0.2) is 0 Å². The third kappa shape index (κ3) is 4.68. The van der Waals surface area contributed by atoms with Gasteiger partial charge in [-0.05, 0) is 36.8 Å². The Kier molecular flexibility index (Phi) is 6.10. The number of nitrogens with one attached hydrogen (secondary N) is 1. The van der Waals surface area contributed by atoms with Gasteiger partial charge in [0, 0.05) is 49.4 Å². The predicted molar refractivity (Wildman–Crippen MR) is 136 cm³/mol. The highest BCUT2D eigenvalue weighted by Gasteiger charge is 2.26. The van der Waals surface area contributed by atoms with Crippen LogP contribution in [0.5, 0.6) is 0 Å². The summed E-state index contributed by atoms with van der Waals surface area (Å²) in [4.78, 5) is 28.2. The molecular weight excluding hydrogens is 444 g/mol. The first-order chi connectivity index (χ1) is 17.0. The van der Waals surface area contributed by atoms with Crippen LogP contribution in [-0.4, -0.2) is 41.9 Å². The van der Waals surface area contributed by atoms with Crippen molar-refractivity contribution in [3.05, 3.63) is 100 Å². The van der Waals surface area contributed by atoms with E-state index in [-0.39, 0.29) is 22.6 Å². The number of rotatable bonds is 6. The monoisotopic (exact) mass is 470 g/mol. The number of amides is 1. The van der Waals surface area contributed by atoms with Crippen LogP contribution in [0, 0.1) is 10.1 Å². The first kappa shape index (κ1) is 22.5. The van der Waals surface area contributed by atoms with Crippen molar-refractivity contribution in [2.45, 2.75) is 13.0 Å². The zero-order chi connectivity index (χ0) is 24.4. The number of carbonyl (C=O) groups is 1. The quantitative estimate of drug-likeness (QED) is 0.297. The van der Waals surface area contributed by atoms with E-state index in [9.17, 15) is 14.9 Å². The van der Waals surface area contributed by atoms with Crippen LogP contribution in [0.25, 0.3) is 11.0 Å². The molecule has 0 bridgehead atoms. The van der Waals surface area contributed by atoms with Crippen LogP contribution >= 0.6 is 0 Å². The number of benzene rings is 3. The standard InChI is InChI=1S/C27H26N4O4/c1-19(20-7-3-2-4-8-20)28-23-18-22(11-12-24(23)31(33)34)29-13-15-30(16-14-29)27(32)26-17-21-9-5-6-10-25(21)35-26/h2-12,17-19,28H,13-16H2,1H3. The lowest BCUT2D eigenvalue weighted by atomic mass is 10.1. The fourth-order valence-corrected chi connectivity index (χ4v) is 4.46. The SMILES string of the molecule is CC(Nc1cc(N2CCN(C(=O)c3cc4ccccc4o3)CC2)ccc1[N+](=O)[O-])c1ccccc1. The van der Waals surface area contributed by atoms with Crippen LogP contribution in [0.2, 0.25) is 0 Å². The third-order valence-corrected chi connectivity index (χ3v) is 6.42. The van der Waals surface area contributed by atoms with Crippen molar-refractivity contribution in [2.24, 2.45) is 0 Å². The first-order valence-electron chi connectivity index (χ1n) is 11.6. The third-order valence-electron chi connectivity index (χ3n) is 6.42. The molecule has 1 amide bonds. The number of hydrogen-bond acceptors (Lipinski definition) is 6. The molecule has 1 atom stereocenters. The highest BCUT2D eigenvalue weighted by atomic mass is 16.6. The molecule has 2 heterocycles. The van der Waals surface area contributed by atoms with Crippen LogP contribution < -0.4 is 10.2 Å². The smallest absolute Gasteiger partial charge is 0.292 e. The second-order valence-electron chi connectivity index (χ2n) is 8.66. The zero-order valence-corrected chi connectivity index (χ0v) is 19.4.